The summed E-state index contributed by atoms with van der Waals surface area (Å²) in [5.74, 6) is 0. The molecule has 19 heavy (non-hydrogen) atoms. The maximum Gasteiger partial charge on any atom is 0.381 e. The third-order valence-corrected chi connectivity index (χ3v) is 6.07. The first-order valence-corrected chi connectivity index (χ1v) is 8.87. The van der Waals surface area contributed by atoms with E-state index in [1.165, 1.54) is 21.3 Å². The van der Waals surface area contributed by atoms with Crippen molar-refractivity contribution in [3.63, 3.8) is 0 Å². The second-order valence-corrected chi connectivity index (χ2v) is 7.30. The van der Waals surface area contributed by atoms with Gasteiger partial charge < -0.3 is 0 Å². The van der Waals surface area contributed by atoms with Crippen molar-refractivity contribution in [2.24, 2.45) is 0 Å². The Labute approximate surface area is 125 Å². The molecule has 1 aliphatic carbocycles. The van der Waals surface area contributed by atoms with Gasteiger partial charge in [0.25, 0.3) is 0 Å². The summed E-state index contributed by atoms with van der Waals surface area (Å²) in [7, 11) is 0. The Morgan fingerprint density at radius 2 is 1.68 bits per heavy atom. The van der Waals surface area contributed by atoms with Gasteiger partial charge in [-0.2, -0.15) is 0 Å². The van der Waals surface area contributed by atoms with Crippen LogP contribution in [0.4, 0.5) is 0 Å². The minimum atomic E-state index is -0.0965. The van der Waals surface area contributed by atoms with Gasteiger partial charge in [-0.25, -0.2) is 0 Å². The molecule has 0 N–H and O–H groups in total. The molecule has 0 heterocycles. The molecule has 0 saturated carbocycles. The van der Waals surface area contributed by atoms with Gasteiger partial charge in [0, 0.05) is 0 Å². The van der Waals surface area contributed by atoms with Crippen molar-refractivity contribution in [1.29, 1.82) is 0 Å². The number of allylic oxidation sites excluding steroid dienone is 1. The zero-order chi connectivity index (χ0) is 13.1. The van der Waals surface area contributed by atoms with E-state index in [4.69, 9.17) is 0 Å². The highest BCUT2D eigenvalue weighted by molar-refractivity contribution is 6.39. The quantitative estimate of drug-likeness (QED) is 0.707. The summed E-state index contributed by atoms with van der Waals surface area (Å²) < 4.78 is 2.03. The van der Waals surface area contributed by atoms with E-state index < -0.39 is 0 Å². The van der Waals surface area contributed by atoms with Crippen LogP contribution in [0.3, 0.4) is 0 Å². The number of rotatable bonds is 4. The summed E-state index contributed by atoms with van der Waals surface area (Å²) in [6.07, 6.45) is 3.58. The monoisotopic (exact) mass is 257 g/mol. The third-order valence-electron chi connectivity index (χ3n) is 3.87. The maximum absolute atomic E-state index is 3.99. The second kappa shape index (κ2) is 5.93. The lowest BCUT2D eigenvalue weighted by Gasteiger charge is -2.08. The fourth-order valence-electron chi connectivity index (χ4n) is 2.92. The highest BCUT2D eigenvalue weighted by atomic mass is 24.5. The molecule has 0 fully saturated rings. The molecule has 0 bridgehead atoms. The standard InChI is InChI=1S/C15H11.C3H6.Mg/c1-2-6-12(7-3-1)15-11-10-13-8-4-5-9-14(13)15;1-3-2;/h1-11H;1-3H2;. The fraction of sp³-hybridized carbons (Fsp3) is 0.167. The summed E-state index contributed by atoms with van der Waals surface area (Å²) in [5, 5.41) is 0. The summed E-state index contributed by atoms with van der Waals surface area (Å²) in [6, 6.07) is 19.7. The smallest absolute Gasteiger partial charge is 0.144 e. The summed E-state index contributed by atoms with van der Waals surface area (Å²) in [5.41, 5.74) is 5.76. The van der Waals surface area contributed by atoms with Crippen LogP contribution < -0.4 is 0 Å². The minimum Gasteiger partial charge on any atom is -0.144 e. The van der Waals surface area contributed by atoms with Crippen LogP contribution in [0.15, 0.2) is 60.7 Å². The van der Waals surface area contributed by atoms with Gasteiger partial charge in [0.15, 0.2) is 0 Å². The highest BCUT2D eigenvalue weighted by Gasteiger charge is 2.23. The van der Waals surface area contributed by atoms with Crippen LogP contribution in [0.1, 0.15) is 27.2 Å². The van der Waals surface area contributed by atoms with E-state index in [0.717, 1.165) is 6.42 Å². The van der Waals surface area contributed by atoms with Crippen LogP contribution >= 0.6 is 0 Å². The Morgan fingerprint density at radius 1 is 0.947 bits per heavy atom. The minimum absolute atomic E-state index is 0.0965. The summed E-state index contributed by atoms with van der Waals surface area (Å²) in [6.45, 7) is 3.99. The molecule has 0 aromatic heterocycles. The van der Waals surface area contributed by atoms with E-state index in [-0.39, 0.29) is 20.4 Å². The topological polar surface area (TPSA) is 0 Å². The highest BCUT2D eigenvalue weighted by Crippen LogP contribution is 2.39. The first-order chi connectivity index (χ1) is 9.40. The SMILES string of the molecule is [CH2]C[CH2][Mg][CH]1C=C(c2ccccc2)c2ccccc21. The van der Waals surface area contributed by atoms with E-state index >= 15 is 0 Å². The molecule has 1 unspecified atom stereocenters. The van der Waals surface area contributed by atoms with Gasteiger partial charge in [0.2, 0.25) is 0 Å². The fourth-order valence-corrected chi connectivity index (χ4v) is 4.72. The van der Waals surface area contributed by atoms with Crippen LogP contribution in [0.25, 0.3) is 5.57 Å². The molecule has 3 rings (SSSR count). The molecule has 0 spiro atoms. The lowest BCUT2D eigenvalue weighted by atomic mass is 9.99. The summed E-state index contributed by atoms with van der Waals surface area (Å²) >= 11 is -0.0965. The average molecular weight is 258 g/mol. The van der Waals surface area contributed by atoms with Crippen molar-refractivity contribution in [1.82, 2.24) is 0 Å². The molecular formula is C18H17Mg. The number of fused-ring (bicyclic) bond motifs is 1. The lowest BCUT2D eigenvalue weighted by molar-refractivity contribution is 1.14. The predicted octanol–water partition coefficient (Wildman–Crippen LogP) is 4.52. The maximum atomic E-state index is 3.99. The molecule has 91 valence electrons. The van der Waals surface area contributed by atoms with E-state index in [1.807, 2.05) is 0 Å². The molecule has 0 nitrogen and oxygen atoms in total. The summed E-state index contributed by atoms with van der Waals surface area (Å²) in [4.78, 5) is 0. The Hall–Kier alpha value is -1.05. The van der Waals surface area contributed by atoms with Crippen LogP contribution in [0.2, 0.25) is 4.55 Å². The molecule has 1 atom stereocenters. The molecule has 0 amide bonds. The first kappa shape index (κ1) is 13.0. The third kappa shape index (κ3) is 2.63. The van der Waals surface area contributed by atoms with Gasteiger partial charge in [-0.15, -0.1) is 4.55 Å². The van der Waals surface area contributed by atoms with Gasteiger partial charge in [0.1, 0.15) is 0 Å². The van der Waals surface area contributed by atoms with Gasteiger partial charge in [-0.05, 0) is 16.7 Å². The largest absolute Gasteiger partial charge is 0.381 e. The van der Waals surface area contributed by atoms with Gasteiger partial charge in [-0.1, -0.05) is 83.6 Å². The molecule has 1 heteroatoms. The number of hydrogen-bond acceptors (Lipinski definition) is 0. The molecule has 2 aromatic carbocycles. The molecule has 0 aliphatic heterocycles. The van der Waals surface area contributed by atoms with Crippen molar-refractivity contribution < 1.29 is 0 Å². The Bertz CT molecular complexity index is 584. The molecule has 0 saturated heterocycles. The first-order valence-electron chi connectivity index (χ1n) is 7.06. The van der Waals surface area contributed by atoms with E-state index in [9.17, 15) is 0 Å². The lowest BCUT2D eigenvalue weighted by Crippen LogP contribution is -2.02. The average Bonchev–Trinajstić information content (AvgIpc) is 2.85. The van der Waals surface area contributed by atoms with E-state index in [2.05, 4.69) is 67.6 Å². The van der Waals surface area contributed by atoms with Crippen LogP contribution in [-0.4, -0.2) is 20.4 Å². The molecule has 1 aliphatic rings. The van der Waals surface area contributed by atoms with Gasteiger partial charge >= 0.3 is 20.4 Å². The van der Waals surface area contributed by atoms with Crippen molar-refractivity contribution in [3.8, 4) is 0 Å². The Balaban J connectivity index is 2.00. The van der Waals surface area contributed by atoms with Crippen molar-refractivity contribution in [2.75, 3.05) is 0 Å². The second-order valence-electron chi connectivity index (χ2n) is 5.14. The van der Waals surface area contributed by atoms with E-state index in [0.29, 0.717) is 4.05 Å². The van der Waals surface area contributed by atoms with Gasteiger partial charge in [0.05, 0.1) is 0 Å². The van der Waals surface area contributed by atoms with Crippen molar-refractivity contribution in [3.05, 3.63) is 84.3 Å². The van der Waals surface area contributed by atoms with Crippen molar-refractivity contribution >= 4 is 25.9 Å². The normalized spacial score (nSPS) is 16.7. The molecule has 2 aromatic rings. The zero-order valence-electron chi connectivity index (χ0n) is 11.2. The van der Waals surface area contributed by atoms with Crippen LogP contribution in [-0.2, 0) is 0 Å². The van der Waals surface area contributed by atoms with Crippen molar-refractivity contribution in [2.45, 2.75) is 15.0 Å². The van der Waals surface area contributed by atoms with Crippen LogP contribution in [0, 0.1) is 6.92 Å². The number of benzene rings is 2. The predicted molar refractivity (Wildman–Crippen MR) is 83.2 cm³/mol. The molecular weight excluding hydrogens is 241 g/mol. The van der Waals surface area contributed by atoms with Crippen LogP contribution in [0.5, 0.6) is 0 Å². The Morgan fingerprint density at radius 3 is 2.47 bits per heavy atom. The van der Waals surface area contributed by atoms with E-state index in [1.54, 1.807) is 5.56 Å². The Kier molecular flexibility index (Phi) is 4.05. The zero-order valence-corrected chi connectivity index (χ0v) is 12.6. The van der Waals surface area contributed by atoms with Gasteiger partial charge in [-0.3, -0.25) is 0 Å². The molecule has 1 radical (unpaired) electrons. The number of hydrogen-bond donors (Lipinski definition) is 0.